The van der Waals surface area contributed by atoms with Crippen molar-refractivity contribution in [2.45, 2.75) is 12.1 Å². The number of thioether (sulfide) groups is 1. The number of rotatable bonds is 6. The highest BCUT2D eigenvalue weighted by Crippen LogP contribution is 2.24. The van der Waals surface area contributed by atoms with E-state index in [9.17, 15) is 4.79 Å². The normalized spacial score (nSPS) is 10.4. The molecule has 0 radical (unpaired) electrons. The molecule has 1 heterocycles. The number of primary amides is 1. The average molecular weight is 279 g/mol. The van der Waals surface area contributed by atoms with Gasteiger partial charge in [0.05, 0.1) is 12.4 Å². The van der Waals surface area contributed by atoms with Gasteiger partial charge >= 0.3 is 0 Å². The van der Waals surface area contributed by atoms with Crippen LogP contribution in [-0.2, 0) is 4.79 Å². The molecule has 1 aromatic carbocycles. The number of carbonyl (C=O) groups excluding carboxylic acids is 1. The molecular weight excluding hydrogens is 266 g/mol. The molecule has 19 heavy (non-hydrogen) atoms. The van der Waals surface area contributed by atoms with Crippen LogP contribution in [0.4, 0.5) is 0 Å². The van der Waals surface area contributed by atoms with Gasteiger partial charge in [-0.2, -0.15) is 0 Å². The molecule has 0 spiro atoms. The minimum absolute atomic E-state index is 0.116. The van der Waals surface area contributed by atoms with Crippen molar-refractivity contribution in [1.29, 1.82) is 0 Å². The molecule has 2 aromatic rings. The summed E-state index contributed by atoms with van der Waals surface area (Å²) in [6.45, 7) is 2.54. The zero-order valence-corrected chi connectivity index (χ0v) is 11.1. The van der Waals surface area contributed by atoms with Gasteiger partial charge in [0, 0.05) is 5.56 Å². The van der Waals surface area contributed by atoms with Crippen molar-refractivity contribution in [2.75, 3.05) is 12.4 Å². The second-order valence-electron chi connectivity index (χ2n) is 3.59. The van der Waals surface area contributed by atoms with E-state index in [0.29, 0.717) is 17.7 Å². The van der Waals surface area contributed by atoms with Crippen LogP contribution in [0.3, 0.4) is 0 Å². The molecule has 2 rings (SSSR count). The first-order valence-electron chi connectivity index (χ1n) is 5.67. The van der Waals surface area contributed by atoms with Gasteiger partial charge in [0.15, 0.2) is 0 Å². The van der Waals surface area contributed by atoms with E-state index in [-0.39, 0.29) is 5.75 Å². The van der Waals surface area contributed by atoms with Gasteiger partial charge in [-0.05, 0) is 31.2 Å². The molecule has 7 heteroatoms. The number of hydrogen-bond donors (Lipinski definition) is 1. The second-order valence-corrected chi connectivity index (χ2v) is 4.51. The summed E-state index contributed by atoms with van der Waals surface area (Å²) in [4.78, 5) is 10.6. The Morgan fingerprint density at radius 2 is 2.11 bits per heavy atom. The smallest absolute Gasteiger partial charge is 0.277 e. The summed E-state index contributed by atoms with van der Waals surface area (Å²) in [5.74, 6) is 0.875. The second kappa shape index (κ2) is 6.24. The molecule has 100 valence electrons. The predicted molar refractivity (Wildman–Crippen MR) is 70.8 cm³/mol. The van der Waals surface area contributed by atoms with Crippen LogP contribution in [0.15, 0.2) is 33.9 Å². The Morgan fingerprint density at radius 1 is 1.37 bits per heavy atom. The Kier molecular flexibility index (Phi) is 4.40. The van der Waals surface area contributed by atoms with E-state index in [1.54, 1.807) is 0 Å². The Morgan fingerprint density at radius 3 is 2.74 bits per heavy atom. The van der Waals surface area contributed by atoms with E-state index in [1.165, 1.54) is 0 Å². The van der Waals surface area contributed by atoms with Crippen LogP contribution < -0.4 is 10.5 Å². The molecule has 1 aromatic heterocycles. The number of nitrogens with zero attached hydrogens (tertiary/aromatic N) is 2. The summed E-state index contributed by atoms with van der Waals surface area (Å²) in [7, 11) is 0. The third-order valence-corrected chi connectivity index (χ3v) is 3.00. The highest BCUT2D eigenvalue weighted by atomic mass is 32.2. The number of nitrogens with two attached hydrogens (primary N) is 1. The highest BCUT2D eigenvalue weighted by Gasteiger charge is 2.10. The van der Waals surface area contributed by atoms with Crippen molar-refractivity contribution < 1.29 is 13.9 Å². The average Bonchev–Trinajstić information content (AvgIpc) is 2.86. The predicted octanol–water partition coefficient (Wildman–Crippen LogP) is 1.71. The standard InChI is InChI=1S/C12H13N3O3S/c1-2-17-9-5-3-8(4-6-9)11-14-15-12(18-11)19-7-10(13)16/h3-6H,2,7H2,1H3,(H2,13,16). The third kappa shape index (κ3) is 3.72. The fourth-order valence-corrected chi connectivity index (χ4v) is 1.88. The summed E-state index contributed by atoms with van der Waals surface area (Å²) in [6.07, 6.45) is 0. The lowest BCUT2D eigenvalue weighted by atomic mass is 10.2. The van der Waals surface area contributed by atoms with Crippen LogP contribution in [0.2, 0.25) is 0 Å². The Balaban J connectivity index is 2.07. The number of carbonyl (C=O) groups is 1. The van der Waals surface area contributed by atoms with E-state index in [0.717, 1.165) is 23.1 Å². The van der Waals surface area contributed by atoms with Gasteiger partial charge in [-0.3, -0.25) is 4.79 Å². The summed E-state index contributed by atoms with van der Waals surface area (Å²) in [5.41, 5.74) is 5.83. The molecule has 0 saturated heterocycles. The number of aromatic nitrogens is 2. The number of amides is 1. The number of benzene rings is 1. The largest absolute Gasteiger partial charge is 0.494 e. The van der Waals surface area contributed by atoms with Crippen LogP contribution in [0.5, 0.6) is 5.75 Å². The molecule has 0 fully saturated rings. The summed E-state index contributed by atoms with van der Waals surface area (Å²) < 4.78 is 10.8. The first-order valence-corrected chi connectivity index (χ1v) is 6.65. The van der Waals surface area contributed by atoms with Gasteiger partial charge in [-0.15, -0.1) is 10.2 Å². The van der Waals surface area contributed by atoms with Gasteiger partial charge in [-0.1, -0.05) is 11.8 Å². The minimum Gasteiger partial charge on any atom is -0.494 e. The van der Waals surface area contributed by atoms with Gasteiger partial charge in [0.25, 0.3) is 5.22 Å². The monoisotopic (exact) mass is 279 g/mol. The first kappa shape index (κ1) is 13.4. The first-order chi connectivity index (χ1) is 9.19. The van der Waals surface area contributed by atoms with E-state index in [4.69, 9.17) is 14.9 Å². The Hall–Kier alpha value is -2.02. The van der Waals surface area contributed by atoms with Crippen molar-refractivity contribution >= 4 is 17.7 Å². The molecule has 0 aliphatic rings. The lowest BCUT2D eigenvalue weighted by molar-refractivity contribution is -0.115. The Labute approximate surface area is 114 Å². The molecule has 0 aliphatic heterocycles. The molecule has 0 aliphatic carbocycles. The lowest BCUT2D eigenvalue weighted by Crippen LogP contribution is -2.12. The zero-order chi connectivity index (χ0) is 13.7. The van der Waals surface area contributed by atoms with Crippen LogP contribution in [0, 0.1) is 0 Å². The molecule has 0 saturated carbocycles. The Bertz CT molecular complexity index is 554. The van der Waals surface area contributed by atoms with Gasteiger partial charge < -0.3 is 14.9 Å². The van der Waals surface area contributed by atoms with E-state index in [2.05, 4.69) is 10.2 Å². The summed E-state index contributed by atoms with van der Waals surface area (Å²) >= 11 is 1.12. The summed E-state index contributed by atoms with van der Waals surface area (Å²) in [6, 6.07) is 7.33. The van der Waals surface area contributed by atoms with Crippen molar-refractivity contribution in [1.82, 2.24) is 10.2 Å². The van der Waals surface area contributed by atoms with E-state index in [1.807, 2.05) is 31.2 Å². The molecule has 0 bridgehead atoms. The molecule has 6 nitrogen and oxygen atoms in total. The van der Waals surface area contributed by atoms with E-state index >= 15 is 0 Å². The van der Waals surface area contributed by atoms with Crippen molar-refractivity contribution in [3.63, 3.8) is 0 Å². The maximum absolute atomic E-state index is 10.6. The molecule has 0 atom stereocenters. The topological polar surface area (TPSA) is 91.2 Å². The molecular formula is C12H13N3O3S. The van der Waals surface area contributed by atoms with Crippen LogP contribution in [0.1, 0.15) is 6.92 Å². The van der Waals surface area contributed by atoms with Crippen LogP contribution in [0.25, 0.3) is 11.5 Å². The van der Waals surface area contributed by atoms with Crippen molar-refractivity contribution in [2.24, 2.45) is 5.73 Å². The fraction of sp³-hybridized carbons (Fsp3) is 0.250. The maximum Gasteiger partial charge on any atom is 0.277 e. The SMILES string of the molecule is CCOc1ccc(-c2nnc(SCC(N)=O)o2)cc1. The fourth-order valence-electron chi connectivity index (χ4n) is 1.38. The van der Waals surface area contributed by atoms with Gasteiger partial charge in [0.2, 0.25) is 11.8 Å². The quantitative estimate of drug-likeness (QED) is 0.809. The number of hydrogen-bond acceptors (Lipinski definition) is 6. The molecule has 1 amide bonds. The lowest BCUT2D eigenvalue weighted by Gasteiger charge is -2.02. The third-order valence-electron chi connectivity index (χ3n) is 2.16. The maximum atomic E-state index is 10.6. The minimum atomic E-state index is -0.425. The van der Waals surface area contributed by atoms with E-state index < -0.39 is 5.91 Å². The van der Waals surface area contributed by atoms with Gasteiger partial charge in [0.1, 0.15) is 5.75 Å². The zero-order valence-electron chi connectivity index (χ0n) is 10.3. The highest BCUT2D eigenvalue weighted by molar-refractivity contribution is 7.99. The van der Waals surface area contributed by atoms with Crippen molar-refractivity contribution in [3.8, 4) is 17.2 Å². The summed E-state index contributed by atoms with van der Waals surface area (Å²) in [5, 5.41) is 8.06. The van der Waals surface area contributed by atoms with Gasteiger partial charge in [-0.25, -0.2) is 0 Å². The van der Waals surface area contributed by atoms with Crippen LogP contribution >= 0.6 is 11.8 Å². The molecule has 2 N–H and O–H groups in total. The number of ether oxygens (including phenoxy) is 1. The van der Waals surface area contributed by atoms with Crippen molar-refractivity contribution in [3.05, 3.63) is 24.3 Å². The molecule has 0 unspecified atom stereocenters. The van der Waals surface area contributed by atoms with Crippen LogP contribution in [-0.4, -0.2) is 28.5 Å².